The van der Waals surface area contributed by atoms with Crippen molar-refractivity contribution in [2.24, 2.45) is 0 Å². The highest BCUT2D eigenvalue weighted by Crippen LogP contribution is 2.39. The summed E-state index contributed by atoms with van der Waals surface area (Å²) in [5, 5.41) is 3.25. The Bertz CT molecular complexity index is 462. The van der Waals surface area contributed by atoms with Crippen LogP contribution < -0.4 is 0 Å². The molecule has 1 atom stereocenters. The van der Waals surface area contributed by atoms with Crippen molar-refractivity contribution in [3.8, 4) is 0 Å². The van der Waals surface area contributed by atoms with Crippen LogP contribution in [0.3, 0.4) is 0 Å². The van der Waals surface area contributed by atoms with E-state index in [4.69, 9.17) is 0 Å². The molecule has 1 aromatic heterocycles. The number of thiazole rings is 1. The van der Waals surface area contributed by atoms with Gasteiger partial charge in [0.15, 0.2) is 0 Å². The Labute approximate surface area is 124 Å². The summed E-state index contributed by atoms with van der Waals surface area (Å²) in [7, 11) is 0. The molecule has 0 bridgehead atoms. The summed E-state index contributed by atoms with van der Waals surface area (Å²) in [6, 6.07) is 0. The Morgan fingerprint density at radius 3 is 3.00 bits per heavy atom. The molecule has 2 saturated heterocycles. The van der Waals surface area contributed by atoms with Crippen molar-refractivity contribution in [1.82, 2.24) is 14.8 Å². The van der Waals surface area contributed by atoms with E-state index in [1.165, 1.54) is 17.8 Å². The summed E-state index contributed by atoms with van der Waals surface area (Å²) in [4.78, 5) is 21.1. The van der Waals surface area contributed by atoms with E-state index >= 15 is 0 Å². The number of amides is 1. The van der Waals surface area contributed by atoms with Gasteiger partial charge in [0, 0.05) is 36.6 Å². The highest BCUT2D eigenvalue weighted by molar-refractivity contribution is 7.09. The third-order valence-electron chi connectivity index (χ3n) is 4.85. The molecule has 20 heavy (non-hydrogen) atoms. The highest BCUT2D eigenvalue weighted by Gasteiger charge is 2.44. The fraction of sp³-hybridized carbons (Fsp3) is 0.733. The summed E-state index contributed by atoms with van der Waals surface area (Å²) in [6.07, 6.45) is 7.17. The summed E-state index contributed by atoms with van der Waals surface area (Å²) >= 11 is 1.74. The van der Waals surface area contributed by atoms with Gasteiger partial charge in [0.05, 0.1) is 6.54 Å². The van der Waals surface area contributed by atoms with E-state index in [1.807, 2.05) is 11.6 Å². The van der Waals surface area contributed by atoms with Gasteiger partial charge in [0.1, 0.15) is 5.01 Å². The van der Waals surface area contributed by atoms with Gasteiger partial charge in [0.25, 0.3) is 0 Å². The van der Waals surface area contributed by atoms with Crippen LogP contribution in [0.15, 0.2) is 11.6 Å². The lowest BCUT2D eigenvalue weighted by atomic mass is 9.88. The predicted octanol–water partition coefficient (Wildman–Crippen LogP) is 2.51. The van der Waals surface area contributed by atoms with Gasteiger partial charge in [-0.2, -0.15) is 0 Å². The zero-order valence-corrected chi connectivity index (χ0v) is 13.0. The molecule has 0 aromatic carbocycles. The maximum Gasteiger partial charge on any atom is 0.223 e. The largest absolute Gasteiger partial charge is 0.337 e. The van der Waals surface area contributed by atoms with Crippen molar-refractivity contribution in [2.75, 3.05) is 19.6 Å². The summed E-state index contributed by atoms with van der Waals surface area (Å²) in [5.41, 5.74) is 0.156. The lowest BCUT2D eigenvalue weighted by Crippen LogP contribution is -2.46. The minimum Gasteiger partial charge on any atom is -0.337 e. The molecule has 1 aromatic rings. The molecular weight excluding hydrogens is 270 g/mol. The predicted molar refractivity (Wildman–Crippen MR) is 80.6 cm³/mol. The molecule has 0 N–H and O–H groups in total. The third-order valence-corrected chi connectivity index (χ3v) is 5.61. The Morgan fingerprint density at radius 1 is 1.35 bits per heavy atom. The van der Waals surface area contributed by atoms with E-state index < -0.39 is 0 Å². The van der Waals surface area contributed by atoms with Gasteiger partial charge in [-0.25, -0.2) is 4.98 Å². The van der Waals surface area contributed by atoms with Crippen LogP contribution in [0.25, 0.3) is 0 Å². The molecule has 1 amide bonds. The molecule has 0 aliphatic carbocycles. The van der Waals surface area contributed by atoms with Crippen molar-refractivity contribution in [1.29, 1.82) is 0 Å². The standard InChI is InChI=1S/C15H23N3OS/c1-2-18-14(19)4-6-15(18)5-3-9-17(10-7-15)12-13-16-8-11-20-13/h8,11H,2-7,9-10,12H2,1H3/t15-/m1/s1. The molecule has 2 aliphatic heterocycles. The van der Waals surface area contributed by atoms with Crippen molar-refractivity contribution < 1.29 is 4.79 Å². The molecule has 4 nitrogen and oxygen atoms in total. The van der Waals surface area contributed by atoms with Gasteiger partial charge in [-0.15, -0.1) is 11.3 Å². The second-order valence-corrected chi connectivity index (χ2v) is 6.90. The fourth-order valence-electron chi connectivity index (χ4n) is 3.82. The minimum atomic E-state index is 0.156. The van der Waals surface area contributed by atoms with Gasteiger partial charge in [-0.3, -0.25) is 9.69 Å². The van der Waals surface area contributed by atoms with Gasteiger partial charge in [-0.05, 0) is 39.2 Å². The van der Waals surface area contributed by atoms with Crippen LogP contribution >= 0.6 is 11.3 Å². The number of aromatic nitrogens is 1. The molecule has 3 rings (SSSR count). The third kappa shape index (κ3) is 2.61. The van der Waals surface area contributed by atoms with Crippen LogP contribution in [0.1, 0.15) is 44.0 Å². The van der Waals surface area contributed by atoms with E-state index in [2.05, 4.69) is 21.7 Å². The Kier molecular flexibility index (Phi) is 4.08. The van der Waals surface area contributed by atoms with Crippen LogP contribution in [-0.2, 0) is 11.3 Å². The van der Waals surface area contributed by atoms with E-state index in [-0.39, 0.29) is 5.54 Å². The summed E-state index contributed by atoms with van der Waals surface area (Å²) < 4.78 is 0. The second kappa shape index (κ2) is 5.82. The zero-order valence-electron chi connectivity index (χ0n) is 12.2. The van der Waals surface area contributed by atoms with Gasteiger partial charge >= 0.3 is 0 Å². The quantitative estimate of drug-likeness (QED) is 0.859. The maximum absolute atomic E-state index is 12.0. The fourth-order valence-corrected chi connectivity index (χ4v) is 4.48. The molecule has 2 fully saturated rings. The Hall–Kier alpha value is -0.940. The summed E-state index contributed by atoms with van der Waals surface area (Å²) in [6.45, 7) is 6.17. The number of nitrogens with zero attached hydrogens (tertiary/aromatic N) is 3. The SMILES string of the molecule is CCN1C(=O)CC[C@@]12CCCN(Cc1nccs1)CC2. The van der Waals surface area contributed by atoms with Crippen molar-refractivity contribution in [3.05, 3.63) is 16.6 Å². The summed E-state index contributed by atoms with van der Waals surface area (Å²) in [5.74, 6) is 0.362. The first-order valence-electron chi connectivity index (χ1n) is 7.65. The van der Waals surface area contributed by atoms with Crippen molar-refractivity contribution in [3.63, 3.8) is 0 Å². The Balaban J connectivity index is 1.66. The molecule has 0 radical (unpaired) electrons. The first kappa shape index (κ1) is 14.0. The number of likely N-dealkylation sites (tertiary alicyclic amines) is 2. The van der Waals surface area contributed by atoms with E-state index in [1.54, 1.807) is 11.3 Å². The van der Waals surface area contributed by atoms with E-state index in [0.29, 0.717) is 5.91 Å². The normalized spacial score (nSPS) is 28.2. The first-order valence-corrected chi connectivity index (χ1v) is 8.53. The Morgan fingerprint density at radius 2 is 2.25 bits per heavy atom. The van der Waals surface area contributed by atoms with E-state index in [0.717, 1.165) is 45.4 Å². The molecule has 5 heteroatoms. The molecule has 1 spiro atoms. The number of carbonyl (C=O) groups excluding carboxylic acids is 1. The average molecular weight is 293 g/mol. The topological polar surface area (TPSA) is 36.4 Å². The zero-order chi connectivity index (χ0) is 14.0. The highest BCUT2D eigenvalue weighted by atomic mass is 32.1. The number of hydrogen-bond acceptors (Lipinski definition) is 4. The van der Waals surface area contributed by atoms with Gasteiger partial charge in [-0.1, -0.05) is 0 Å². The van der Waals surface area contributed by atoms with Crippen LogP contribution in [0.4, 0.5) is 0 Å². The maximum atomic E-state index is 12.0. The van der Waals surface area contributed by atoms with Crippen LogP contribution in [0.5, 0.6) is 0 Å². The van der Waals surface area contributed by atoms with Gasteiger partial charge in [0.2, 0.25) is 5.91 Å². The molecule has 0 saturated carbocycles. The lowest BCUT2D eigenvalue weighted by Gasteiger charge is -2.37. The first-order chi connectivity index (χ1) is 9.73. The number of rotatable bonds is 3. The molecular formula is C15H23N3OS. The van der Waals surface area contributed by atoms with Crippen LogP contribution in [0, 0.1) is 0 Å². The second-order valence-electron chi connectivity index (χ2n) is 5.92. The molecule has 2 aliphatic rings. The van der Waals surface area contributed by atoms with Crippen molar-refractivity contribution in [2.45, 2.75) is 51.1 Å². The van der Waals surface area contributed by atoms with Gasteiger partial charge < -0.3 is 4.90 Å². The monoisotopic (exact) mass is 293 g/mol. The molecule has 3 heterocycles. The number of hydrogen-bond donors (Lipinski definition) is 0. The smallest absolute Gasteiger partial charge is 0.223 e. The van der Waals surface area contributed by atoms with E-state index in [9.17, 15) is 4.79 Å². The van der Waals surface area contributed by atoms with Crippen LogP contribution in [0.2, 0.25) is 0 Å². The minimum absolute atomic E-state index is 0.156. The number of carbonyl (C=O) groups is 1. The van der Waals surface area contributed by atoms with Crippen molar-refractivity contribution >= 4 is 17.2 Å². The van der Waals surface area contributed by atoms with Crippen LogP contribution in [-0.4, -0.2) is 45.9 Å². The molecule has 0 unspecified atom stereocenters. The lowest BCUT2D eigenvalue weighted by molar-refractivity contribution is -0.131. The molecule has 110 valence electrons. The average Bonchev–Trinajstić information content (AvgIpc) is 2.99.